The largest absolute Gasteiger partial charge is 0.490 e. The summed E-state index contributed by atoms with van der Waals surface area (Å²) < 4.78 is 10.9. The molecule has 0 spiro atoms. The summed E-state index contributed by atoms with van der Waals surface area (Å²) in [6, 6.07) is 15.2. The van der Waals surface area contributed by atoms with Crippen LogP contribution < -0.4 is 15.4 Å². The maximum atomic E-state index is 12.6. The van der Waals surface area contributed by atoms with Crippen molar-refractivity contribution in [1.29, 1.82) is 0 Å². The van der Waals surface area contributed by atoms with Crippen molar-refractivity contribution in [2.45, 2.75) is 13.0 Å². The smallest absolute Gasteiger partial charge is 0.338 e. The zero-order chi connectivity index (χ0) is 19.2. The number of rotatable bonds is 6. The summed E-state index contributed by atoms with van der Waals surface area (Å²) in [5.74, 6) is 0.175. The number of urea groups is 1. The Hall–Kier alpha value is -2.99. The number of benzene rings is 2. The van der Waals surface area contributed by atoms with Crippen LogP contribution in [0.1, 0.15) is 18.5 Å². The first-order chi connectivity index (χ1) is 13.0. The molecule has 0 aromatic heterocycles. The summed E-state index contributed by atoms with van der Waals surface area (Å²) in [6.07, 6.45) is 0. The topological polar surface area (TPSA) is 76.7 Å². The Morgan fingerprint density at radius 3 is 2.63 bits per heavy atom. The third-order valence-electron chi connectivity index (χ3n) is 4.00. The number of nitrogens with one attached hydrogen (secondary N) is 2. The monoisotopic (exact) mass is 386 g/mol. The van der Waals surface area contributed by atoms with Crippen LogP contribution in [0.3, 0.4) is 0 Å². The van der Waals surface area contributed by atoms with Crippen molar-refractivity contribution >= 4 is 23.6 Å². The van der Waals surface area contributed by atoms with Crippen molar-refractivity contribution in [3.63, 3.8) is 0 Å². The fraction of sp³-hybridized carbons (Fsp3) is 0.200. The standard InChI is InChI=1S/C20H19ClN2O4/c1-13-17(19(24)27-11-10-26-16-8-3-2-4-9-16)18(23-20(25)22-13)14-6-5-7-15(21)12-14/h2-9,12,18H,10-11H2,1H3,(H2,22,23,25)/t18-/m0/s1. The van der Waals surface area contributed by atoms with E-state index in [4.69, 9.17) is 21.1 Å². The Balaban J connectivity index is 1.68. The number of esters is 1. The van der Waals surface area contributed by atoms with Crippen molar-refractivity contribution < 1.29 is 19.1 Å². The molecular weight excluding hydrogens is 368 g/mol. The van der Waals surface area contributed by atoms with Crippen molar-refractivity contribution in [1.82, 2.24) is 10.6 Å². The third kappa shape index (κ3) is 4.80. The summed E-state index contributed by atoms with van der Waals surface area (Å²) in [6.45, 7) is 1.97. The molecule has 0 saturated heterocycles. The summed E-state index contributed by atoms with van der Waals surface area (Å²) in [4.78, 5) is 24.5. The van der Waals surface area contributed by atoms with Gasteiger partial charge in [-0.05, 0) is 36.8 Å². The van der Waals surface area contributed by atoms with Gasteiger partial charge in [0.2, 0.25) is 0 Å². The van der Waals surface area contributed by atoms with Gasteiger partial charge in [-0.25, -0.2) is 9.59 Å². The van der Waals surface area contributed by atoms with Gasteiger partial charge >= 0.3 is 12.0 Å². The molecule has 140 valence electrons. The molecule has 6 nitrogen and oxygen atoms in total. The minimum Gasteiger partial charge on any atom is -0.490 e. The predicted octanol–water partition coefficient (Wildman–Crippen LogP) is 3.59. The van der Waals surface area contributed by atoms with Crippen LogP contribution in [0.4, 0.5) is 4.79 Å². The quantitative estimate of drug-likeness (QED) is 0.587. The fourth-order valence-corrected chi connectivity index (χ4v) is 2.99. The van der Waals surface area contributed by atoms with Crippen molar-refractivity contribution in [2.24, 2.45) is 0 Å². The molecule has 1 aliphatic heterocycles. The third-order valence-corrected chi connectivity index (χ3v) is 4.23. The normalized spacial score (nSPS) is 16.4. The van der Waals surface area contributed by atoms with E-state index in [1.165, 1.54) is 0 Å². The Morgan fingerprint density at radius 2 is 1.89 bits per heavy atom. The van der Waals surface area contributed by atoms with Gasteiger partial charge in [-0.3, -0.25) is 0 Å². The van der Waals surface area contributed by atoms with E-state index < -0.39 is 12.0 Å². The van der Waals surface area contributed by atoms with Gasteiger partial charge in [0.1, 0.15) is 19.0 Å². The lowest BCUT2D eigenvalue weighted by Gasteiger charge is -2.28. The molecule has 3 rings (SSSR count). The maximum absolute atomic E-state index is 12.6. The molecule has 2 N–H and O–H groups in total. The number of carbonyl (C=O) groups excluding carboxylic acids is 2. The van der Waals surface area contributed by atoms with E-state index in [9.17, 15) is 9.59 Å². The van der Waals surface area contributed by atoms with E-state index in [2.05, 4.69) is 10.6 Å². The number of halogens is 1. The highest BCUT2D eigenvalue weighted by Crippen LogP contribution is 2.29. The molecule has 27 heavy (non-hydrogen) atoms. The van der Waals surface area contributed by atoms with Crippen LogP contribution in [0.15, 0.2) is 65.9 Å². The van der Waals surface area contributed by atoms with Gasteiger partial charge in [0.15, 0.2) is 0 Å². The molecule has 0 aliphatic carbocycles. The molecule has 7 heteroatoms. The van der Waals surface area contributed by atoms with Crippen LogP contribution in [0.25, 0.3) is 0 Å². The average molecular weight is 387 g/mol. The molecule has 0 fully saturated rings. The number of hydrogen-bond acceptors (Lipinski definition) is 4. The molecule has 0 radical (unpaired) electrons. The minimum absolute atomic E-state index is 0.0840. The minimum atomic E-state index is -0.639. The van der Waals surface area contributed by atoms with Gasteiger partial charge in [0.05, 0.1) is 11.6 Å². The molecule has 0 unspecified atom stereocenters. The van der Waals surface area contributed by atoms with Crippen LogP contribution in [0, 0.1) is 0 Å². The van der Waals surface area contributed by atoms with Crippen LogP contribution >= 0.6 is 11.6 Å². The first-order valence-corrected chi connectivity index (χ1v) is 8.81. The summed E-state index contributed by atoms with van der Waals surface area (Å²) in [5, 5.41) is 5.86. The second-order valence-electron chi connectivity index (χ2n) is 5.92. The van der Waals surface area contributed by atoms with Crippen molar-refractivity contribution in [3.05, 3.63) is 76.5 Å². The first-order valence-electron chi connectivity index (χ1n) is 8.43. The van der Waals surface area contributed by atoms with Gasteiger partial charge in [-0.15, -0.1) is 0 Å². The van der Waals surface area contributed by atoms with Gasteiger partial charge in [-0.1, -0.05) is 41.9 Å². The Labute approximate surface area is 162 Å². The van der Waals surface area contributed by atoms with Gasteiger partial charge in [0.25, 0.3) is 0 Å². The van der Waals surface area contributed by atoms with E-state index >= 15 is 0 Å². The number of allylic oxidation sites excluding steroid dienone is 1. The van der Waals surface area contributed by atoms with Crippen molar-refractivity contribution in [2.75, 3.05) is 13.2 Å². The highest BCUT2D eigenvalue weighted by atomic mass is 35.5. The van der Waals surface area contributed by atoms with E-state index in [0.29, 0.717) is 27.6 Å². The molecule has 0 saturated carbocycles. The predicted molar refractivity (Wildman–Crippen MR) is 101 cm³/mol. The van der Waals surface area contributed by atoms with Gasteiger partial charge < -0.3 is 20.1 Å². The van der Waals surface area contributed by atoms with E-state index in [1.807, 2.05) is 30.3 Å². The Morgan fingerprint density at radius 1 is 1.11 bits per heavy atom. The molecule has 1 aliphatic rings. The van der Waals surface area contributed by atoms with E-state index in [1.54, 1.807) is 31.2 Å². The zero-order valence-corrected chi connectivity index (χ0v) is 15.5. The number of amides is 2. The lowest BCUT2D eigenvalue weighted by atomic mass is 9.96. The first kappa shape index (κ1) is 18.8. The number of ether oxygens (including phenoxy) is 2. The molecule has 2 amide bonds. The number of carbonyl (C=O) groups is 2. The number of hydrogen-bond donors (Lipinski definition) is 2. The second-order valence-corrected chi connectivity index (χ2v) is 6.36. The summed E-state index contributed by atoms with van der Waals surface area (Å²) in [7, 11) is 0. The Bertz CT molecular complexity index is 867. The molecule has 2 aromatic rings. The SMILES string of the molecule is CC1=C(C(=O)OCCOc2ccccc2)[C@H](c2cccc(Cl)c2)NC(=O)N1. The highest BCUT2D eigenvalue weighted by molar-refractivity contribution is 6.30. The maximum Gasteiger partial charge on any atom is 0.338 e. The summed E-state index contributed by atoms with van der Waals surface area (Å²) in [5.41, 5.74) is 1.47. The van der Waals surface area contributed by atoms with Crippen LogP contribution in [0.2, 0.25) is 5.02 Å². The van der Waals surface area contributed by atoms with Gasteiger partial charge in [0, 0.05) is 10.7 Å². The number of para-hydroxylation sites is 1. The van der Waals surface area contributed by atoms with Crippen molar-refractivity contribution in [3.8, 4) is 5.75 Å². The molecule has 0 bridgehead atoms. The molecule has 1 atom stereocenters. The average Bonchev–Trinajstić information content (AvgIpc) is 2.65. The van der Waals surface area contributed by atoms with Crippen LogP contribution in [-0.2, 0) is 9.53 Å². The lowest BCUT2D eigenvalue weighted by molar-refractivity contribution is -0.140. The second kappa shape index (κ2) is 8.60. The van der Waals surface area contributed by atoms with E-state index in [-0.39, 0.29) is 19.2 Å². The van der Waals surface area contributed by atoms with E-state index in [0.717, 1.165) is 0 Å². The Kier molecular flexibility index (Phi) is 5.98. The zero-order valence-electron chi connectivity index (χ0n) is 14.7. The van der Waals surface area contributed by atoms with Gasteiger partial charge in [-0.2, -0.15) is 0 Å². The molecule has 1 heterocycles. The fourth-order valence-electron chi connectivity index (χ4n) is 2.79. The molecule has 2 aromatic carbocycles. The highest BCUT2D eigenvalue weighted by Gasteiger charge is 2.32. The summed E-state index contributed by atoms with van der Waals surface area (Å²) >= 11 is 6.05. The van der Waals surface area contributed by atoms with Crippen LogP contribution in [0.5, 0.6) is 5.75 Å². The lowest BCUT2D eigenvalue weighted by Crippen LogP contribution is -2.45. The van der Waals surface area contributed by atoms with Crippen LogP contribution in [-0.4, -0.2) is 25.2 Å². The molecular formula is C20H19ClN2O4.